The molecule has 0 amide bonds. The molecule has 0 aliphatic carbocycles. The van der Waals surface area contributed by atoms with E-state index in [4.69, 9.17) is 0 Å². The van der Waals surface area contributed by atoms with Crippen LogP contribution in [-0.2, 0) is 0 Å². The van der Waals surface area contributed by atoms with Crippen LogP contribution in [0.1, 0.15) is 20.7 Å². The summed E-state index contributed by atoms with van der Waals surface area (Å²) in [5, 5.41) is 24.8. The first-order valence-corrected chi connectivity index (χ1v) is 7.93. The number of hydrogen-bond acceptors (Lipinski definition) is 4. The van der Waals surface area contributed by atoms with Crippen LogP contribution in [0.5, 0.6) is 0 Å². The van der Waals surface area contributed by atoms with Crippen molar-refractivity contribution in [1.82, 2.24) is 0 Å². The molecule has 0 heterocycles. The molecule has 0 saturated heterocycles. The molecule has 6 nitrogen and oxygen atoms in total. The predicted octanol–water partition coefficient (Wildman–Crippen LogP) is 4.71. The quantitative estimate of drug-likeness (QED) is 0.504. The largest absolute Gasteiger partial charge is 0.478 e. The molecule has 4 N–H and O–H groups in total. The summed E-state index contributed by atoms with van der Waals surface area (Å²) in [5.74, 6) is -2.88. The SMILES string of the molecule is O=C(O)c1cc(Nc2ccc(F)cc2)c(C(=O)O)cc1Nc1ccccc1. The molecule has 0 atom stereocenters. The molecule has 3 aromatic rings. The molecule has 0 spiro atoms. The summed E-state index contributed by atoms with van der Waals surface area (Å²) in [6, 6.07) is 16.6. The molecular formula is C20H15FN2O4. The maximum atomic E-state index is 13.1. The van der Waals surface area contributed by atoms with Crippen LogP contribution in [0.15, 0.2) is 66.7 Å². The average molecular weight is 366 g/mol. The molecule has 0 aliphatic heterocycles. The van der Waals surface area contributed by atoms with Gasteiger partial charge < -0.3 is 20.8 Å². The van der Waals surface area contributed by atoms with Gasteiger partial charge in [-0.25, -0.2) is 14.0 Å². The minimum atomic E-state index is -1.23. The van der Waals surface area contributed by atoms with E-state index in [9.17, 15) is 24.2 Å². The number of hydrogen-bond donors (Lipinski definition) is 4. The third kappa shape index (κ3) is 4.21. The highest BCUT2D eigenvalue weighted by Gasteiger charge is 2.19. The van der Waals surface area contributed by atoms with Crippen LogP contribution in [0.25, 0.3) is 0 Å². The lowest BCUT2D eigenvalue weighted by Gasteiger charge is -2.15. The molecule has 3 rings (SSSR count). The molecule has 136 valence electrons. The van der Waals surface area contributed by atoms with E-state index in [1.807, 2.05) is 6.07 Å². The van der Waals surface area contributed by atoms with Gasteiger partial charge in [-0.05, 0) is 48.5 Å². The van der Waals surface area contributed by atoms with E-state index in [2.05, 4.69) is 10.6 Å². The zero-order valence-corrected chi connectivity index (χ0v) is 13.9. The molecular weight excluding hydrogens is 351 g/mol. The van der Waals surface area contributed by atoms with Crippen molar-refractivity contribution in [3.05, 3.63) is 83.7 Å². The van der Waals surface area contributed by atoms with Crippen LogP contribution in [0.3, 0.4) is 0 Å². The summed E-state index contributed by atoms with van der Waals surface area (Å²) in [6.07, 6.45) is 0. The number of rotatable bonds is 6. The van der Waals surface area contributed by atoms with Crippen molar-refractivity contribution in [2.24, 2.45) is 0 Å². The molecule has 0 fully saturated rings. The normalized spacial score (nSPS) is 10.3. The number of aromatic carboxylic acids is 2. The highest BCUT2D eigenvalue weighted by atomic mass is 19.1. The van der Waals surface area contributed by atoms with Crippen molar-refractivity contribution >= 4 is 34.7 Å². The van der Waals surface area contributed by atoms with E-state index in [0.29, 0.717) is 11.4 Å². The second kappa shape index (κ2) is 7.57. The van der Waals surface area contributed by atoms with Crippen molar-refractivity contribution in [3.63, 3.8) is 0 Å². The molecule has 0 bridgehead atoms. The summed E-state index contributed by atoms with van der Waals surface area (Å²) in [6.45, 7) is 0. The van der Waals surface area contributed by atoms with Gasteiger partial charge in [0.25, 0.3) is 0 Å². The number of carboxylic acids is 2. The second-order valence-electron chi connectivity index (χ2n) is 5.68. The van der Waals surface area contributed by atoms with E-state index in [1.54, 1.807) is 24.3 Å². The van der Waals surface area contributed by atoms with E-state index in [-0.39, 0.29) is 22.5 Å². The topological polar surface area (TPSA) is 98.7 Å². The molecule has 0 saturated carbocycles. The van der Waals surface area contributed by atoms with Gasteiger partial charge in [-0.3, -0.25) is 0 Å². The maximum absolute atomic E-state index is 13.1. The number of carbonyl (C=O) groups is 2. The Morgan fingerprint density at radius 1 is 0.704 bits per heavy atom. The molecule has 0 aromatic heterocycles. The predicted molar refractivity (Wildman–Crippen MR) is 99.8 cm³/mol. The summed E-state index contributed by atoms with van der Waals surface area (Å²) < 4.78 is 13.1. The van der Waals surface area contributed by atoms with Crippen molar-refractivity contribution < 1.29 is 24.2 Å². The van der Waals surface area contributed by atoms with Crippen LogP contribution in [0.4, 0.5) is 27.1 Å². The Kier molecular flexibility index (Phi) is 5.03. The molecule has 0 unspecified atom stereocenters. The fourth-order valence-electron chi connectivity index (χ4n) is 2.53. The maximum Gasteiger partial charge on any atom is 0.337 e. The van der Waals surface area contributed by atoms with Crippen molar-refractivity contribution in [2.75, 3.05) is 10.6 Å². The summed E-state index contributed by atoms with van der Waals surface area (Å²) in [5.41, 5.74) is 1.06. The minimum Gasteiger partial charge on any atom is -0.478 e. The van der Waals surface area contributed by atoms with Gasteiger partial charge >= 0.3 is 11.9 Å². The van der Waals surface area contributed by atoms with E-state index in [0.717, 1.165) is 0 Å². The van der Waals surface area contributed by atoms with E-state index in [1.165, 1.54) is 36.4 Å². The molecule has 7 heteroatoms. The smallest absolute Gasteiger partial charge is 0.337 e. The lowest BCUT2D eigenvalue weighted by molar-refractivity contribution is 0.0683. The first-order chi connectivity index (χ1) is 12.9. The Labute approximate surface area is 153 Å². The lowest BCUT2D eigenvalue weighted by atomic mass is 10.1. The van der Waals surface area contributed by atoms with Crippen LogP contribution in [-0.4, -0.2) is 22.2 Å². The Balaban J connectivity index is 2.05. The molecule has 0 aliphatic rings. The summed E-state index contributed by atoms with van der Waals surface area (Å²) >= 11 is 0. The first kappa shape index (κ1) is 17.9. The fraction of sp³-hybridized carbons (Fsp3) is 0. The zero-order chi connectivity index (χ0) is 19.4. The highest BCUT2D eigenvalue weighted by molar-refractivity contribution is 6.03. The van der Waals surface area contributed by atoms with Crippen molar-refractivity contribution in [3.8, 4) is 0 Å². The van der Waals surface area contributed by atoms with Gasteiger partial charge in [0.15, 0.2) is 0 Å². The standard InChI is InChI=1S/C20H15FN2O4/c21-12-6-8-14(9-7-12)23-18-11-15(19(24)25)17(10-16(18)20(26)27)22-13-4-2-1-3-5-13/h1-11,22-23H,(H,24,25)(H,26,27). The Morgan fingerprint density at radius 3 is 1.59 bits per heavy atom. The third-order valence-electron chi connectivity index (χ3n) is 3.79. The van der Waals surface area contributed by atoms with Crippen LogP contribution in [0, 0.1) is 5.82 Å². The van der Waals surface area contributed by atoms with Crippen molar-refractivity contribution in [2.45, 2.75) is 0 Å². The fourth-order valence-corrected chi connectivity index (χ4v) is 2.53. The third-order valence-corrected chi connectivity index (χ3v) is 3.79. The van der Waals surface area contributed by atoms with Gasteiger partial charge in [0.1, 0.15) is 5.82 Å². The monoisotopic (exact) mass is 366 g/mol. The minimum absolute atomic E-state index is 0.0881. The van der Waals surface area contributed by atoms with E-state index < -0.39 is 17.8 Å². The zero-order valence-electron chi connectivity index (χ0n) is 13.9. The summed E-state index contributed by atoms with van der Waals surface area (Å²) in [4.78, 5) is 23.4. The number of halogens is 1. The van der Waals surface area contributed by atoms with Gasteiger partial charge in [-0.1, -0.05) is 18.2 Å². The highest BCUT2D eigenvalue weighted by Crippen LogP contribution is 2.30. The Hall–Kier alpha value is -3.87. The van der Waals surface area contributed by atoms with Crippen molar-refractivity contribution in [1.29, 1.82) is 0 Å². The van der Waals surface area contributed by atoms with Crippen LogP contribution < -0.4 is 10.6 Å². The summed E-state index contributed by atoms with van der Waals surface area (Å²) in [7, 11) is 0. The Bertz CT molecular complexity index is 989. The van der Waals surface area contributed by atoms with Gasteiger partial charge in [0, 0.05) is 11.4 Å². The van der Waals surface area contributed by atoms with Gasteiger partial charge in [0.2, 0.25) is 0 Å². The van der Waals surface area contributed by atoms with E-state index >= 15 is 0 Å². The van der Waals surface area contributed by atoms with Gasteiger partial charge in [-0.15, -0.1) is 0 Å². The van der Waals surface area contributed by atoms with Crippen LogP contribution in [0.2, 0.25) is 0 Å². The van der Waals surface area contributed by atoms with Crippen LogP contribution >= 0.6 is 0 Å². The number of carboxylic acid groups (broad SMARTS) is 2. The number of benzene rings is 3. The number of para-hydroxylation sites is 1. The number of nitrogens with one attached hydrogen (secondary N) is 2. The number of anilines is 4. The van der Waals surface area contributed by atoms with Gasteiger partial charge in [0.05, 0.1) is 22.5 Å². The molecule has 0 radical (unpaired) electrons. The van der Waals surface area contributed by atoms with Gasteiger partial charge in [-0.2, -0.15) is 0 Å². The lowest BCUT2D eigenvalue weighted by Crippen LogP contribution is -2.09. The first-order valence-electron chi connectivity index (χ1n) is 7.93. The average Bonchev–Trinajstić information content (AvgIpc) is 2.65. The molecule has 3 aromatic carbocycles. The second-order valence-corrected chi connectivity index (χ2v) is 5.68. The Morgan fingerprint density at radius 2 is 1.15 bits per heavy atom. The molecule has 27 heavy (non-hydrogen) atoms.